The number of rotatable bonds is 20. The topological polar surface area (TPSA) is 268 Å². The molecule has 0 aliphatic heterocycles. The standard InChI is InChI=1S/C18H14N2O4.C18H14N2O3S.3C17H11F3N2O2S/c1-23-18(22)14-5-2-4-13(12-14)17(21)20-10-9-15(19-20)7-8-16-6-3-11-24-16;1-23-18(22)14-6-4-13(5-7-14)17(21)20-11-10-15(19-20)8-9-16-3-2-12-24-16;18-17(19,20)24-14-4-1-3-12(11-14)16(23)22-9-8-13(21-22)6-7-15-5-2-10-25-15;18-17(19,20)24-14-6-3-12(4-7-14)16(23)22-10-9-13(21-22)5-8-15-2-1-11-25-15;18-17(19,20)24-15-6-2-1-5-14(15)16(23)22-10-9-12(21-22)7-8-13-4-3-11-25-13/h2*2-12H,1H3;3*1-11H/b8-7+;9-8+;7-6+;8-5+;8-7+. The van der Waals surface area contributed by atoms with Crippen LogP contribution in [-0.2, 0) is 9.47 Å². The van der Waals surface area contributed by atoms with Crippen molar-refractivity contribution in [3.05, 3.63) is 364 Å². The van der Waals surface area contributed by atoms with Crippen molar-refractivity contribution in [1.82, 2.24) is 48.9 Å². The Labute approximate surface area is 707 Å². The van der Waals surface area contributed by atoms with Gasteiger partial charge in [-0.25, -0.2) is 33.0 Å². The highest BCUT2D eigenvalue weighted by Gasteiger charge is 2.34. The normalized spacial score (nSPS) is 11.4. The van der Waals surface area contributed by atoms with Gasteiger partial charge in [0.15, 0.2) is 0 Å². The molecular weight excluding hydrogens is 1690 g/mol. The molecule has 15 aromatic rings. The van der Waals surface area contributed by atoms with E-state index in [0.717, 1.165) is 63.9 Å². The van der Waals surface area contributed by atoms with E-state index in [4.69, 9.17) is 4.42 Å². The van der Waals surface area contributed by atoms with Gasteiger partial charge in [0.05, 0.1) is 65.6 Å². The number of aromatic nitrogens is 10. The lowest BCUT2D eigenvalue weighted by Gasteiger charge is -2.12. The number of hydrogen-bond donors (Lipinski definition) is 0. The number of hydrogen-bond acceptors (Lipinski definition) is 22. The maximum absolute atomic E-state index is 12.5. The number of carbonyl (C=O) groups excluding carboxylic acids is 7. The minimum absolute atomic E-state index is 0.0404. The molecule has 0 saturated heterocycles. The quantitative estimate of drug-likeness (QED) is 0.0507. The Hall–Kier alpha value is -15.0. The van der Waals surface area contributed by atoms with Gasteiger partial charge in [-0.15, -0.1) is 84.9 Å². The van der Waals surface area contributed by atoms with Gasteiger partial charge in [0.1, 0.15) is 23.0 Å². The van der Waals surface area contributed by atoms with Crippen molar-refractivity contribution >= 4 is 148 Å². The van der Waals surface area contributed by atoms with Crippen molar-refractivity contribution in [2.45, 2.75) is 19.1 Å². The second-order valence-electron chi connectivity index (χ2n) is 24.5. The van der Waals surface area contributed by atoms with Crippen molar-refractivity contribution in [2.24, 2.45) is 0 Å². The predicted molar refractivity (Wildman–Crippen MR) is 445 cm³/mol. The third kappa shape index (κ3) is 27.3. The first-order chi connectivity index (χ1) is 59.1. The van der Waals surface area contributed by atoms with Crippen LogP contribution in [-0.4, -0.2) is 124 Å². The molecule has 0 radical (unpaired) electrons. The van der Waals surface area contributed by atoms with Crippen LogP contribution in [0.3, 0.4) is 0 Å². The predicted octanol–water partition coefficient (Wildman–Crippen LogP) is 20.8. The Bertz CT molecular complexity index is 6200. The van der Waals surface area contributed by atoms with Gasteiger partial charge in [-0.1, -0.05) is 48.5 Å². The third-order valence-corrected chi connectivity index (χ3v) is 19.3. The fraction of sp³-hybridized carbons (Fsp3) is 0.0575. The molecule has 624 valence electrons. The first kappa shape index (κ1) is 88.8. The van der Waals surface area contributed by atoms with E-state index in [-0.39, 0.29) is 34.3 Å². The van der Waals surface area contributed by atoms with Gasteiger partial charge in [0.2, 0.25) is 0 Å². The Morgan fingerprint density at radius 3 is 1.06 bits per heavy atom. The fourth-order valence-electron chi connectivity index (χ4n) is 10.4. The van der Waals surface area contributed by atoms with Crippen molar-refractivity contribution in [2.75, 3.05) is 14.2 Å². The van der Waals surface area contributed by atoms with Crippen molar-refractivity contribution in [3.63, 3.8) is 0 Å². The van der Waals surface area contributed by atoms with E-state index in [1.165, 1.54) is 90.7 Å². The number of halogens is 9. The number of thiophene rings is 4. The lowest BCUT2D eigenvalue weighted by atomic mass is 10.1. The van der Waals surface area contributed by atoms with Gasteiger partial charge >= 0.3 is 31.0 Å². The molecule has 36 heteroatoms. The number of para-hydroxylation sites is 1. The number of nitrogens with zero attached hydrogens (tertiary/aromatic N) is 10. The molecule has 0 saturated carbocycles. The van der Waals surface area contributed by atoms with Gasteiger partial charge < -0.3 is 28.1 Å². The van der Waals surface area contributed by atoms with E-state index < -0.39 is 60.2 Å². The van der Waals surface area contributed by atoms with E-state index in [1.54, 1.807) is 173 Å². The minimum Gasteiger partial charge on any atom is -0.465 e. The molecule has 10 aromatic heterocycles. The molecule has 0 N–H and O–H groups in total. The van der Waals surface area contributed by atoms with E-state index >= 15 is 0 Å². The van der Waals surface area contributed by atoms with Crippen molar-refractivity contribution in [1.29, 1.82) is 0 Å². The number of methoxy groups -OCH3 is 2. The lowest BCUT2D eigenvalue weighted by molar-refractivity contribution is -0.275. The molecule has 123 heavy (non-hydrogen) atoms. The molecule has 15 rings (SSSR count). The molecule has 0 aliphatic carbocycles. The highest BCUT2D eigenvalue weighted by Crippen LogP contribution is 2.29. The number of ether oxygens (including phenoxy) is 5. The zero-order valence-electron chi connectivity index (χ0n) is 63.6. The van der Waals surface area contributed by atoms with Crippen molar-refractivity contribution in [3.8, 4) is 17.2 Å². The van der Waals surface area contributed by atoms with Crippen LogP contribution >= 0.6 is 45.3 Å². The summed E-state index contributed by atoms with van der Waals surface area (Å²) in [5.41, 5.74) is 4.50. The summed E-state index contributed by atoms with van der Waals surface area (Å²) in [6.07, 6.45) is 12.8. The average molecular weight is 1750 g/mol. The maximum atomic E-state index is 12.5. The Morgan fingerprint density at radius 2 is 0.667 bits per heavy atom. The zero-order valence-corrected chi connectivity index (χ0v) is 66.8. The van der Waals surface area contributed by atoms with Crippen LogP contribution < -0.4 is 14.2 Å². The van der Waals surface area contributed by atoms with E-state index in [9.17, 15) is 73.1 Å². The number of benzene rings is 5. The second kappa shape index (κ2) is 42.1. The first-order valence-corrected chi connectivity index (χ1v) is 39.1. The number of furan rings is 1. The number of alkyl halides is 9. The van der Waals surface area contributed by atoms with E-state index in [1.807, 2.05) is 106 Å². The van der Waals surface area contributed by atoms with Crippen LogP contribution in [0.1, 0.15) is 126 Å². The minimum atomic E-state index is -4.88. The van der Waals surface area contributed by atoms with Gasteiger partial charge in [0, 0.05) is 72.7 Å². The van der Waals surface area contributed by atoms with Crippen LogP contribution in [0.2, 0.25) is 0 Å². The van der Waals surface area contributed by atoms with E-state index in [2.05, 4.69) is 49.2 Å². The summed E-state index contributed by atoms with van der Waals surface area (Å²) in [7, 11) is 2.61. The molecule has 0 amide bonds. The molecular formula is C87H61F9N10O13S4. The van der Waals surface area contributed by atoms with Crippen LogP contribution in [0.4, 0.5) is 39.5 Å². The van der Waals surface area contributed by atoms with Crippen LogP contribution in [0.15, 0.2) is 276 Å². The summed E-state index contributed by atoms with van der Waals surface area (Å²) in [5, 5.41) is 28.6. The molecule has 10 heterocycles. The molecule has 0 aliphatic rings. The summed E-state index contributed by atoms with van der Waals surface area (Å²) >= 11 is 6.32. The highest BCUT2D eigenvalue weighted by molar-refractivity contribution is 7.11. The summed E-state index contributed by atoms with van der Waals surface area (Å²) in [5.74, 6) is -3.95. The SMILES string of the molecule is COC(=O)c1ccc(C(=O)n2ccc(/C=C/c3cccs3)n2)cc1.COC(=O)c1cccc(C(=O)n2ccc(/C=C/c3ccco3)n2)c1.O=C(c1ccc(OC(F)(F)F)cc1)n1ccc(/C=C/c2cccs2)n1.O=C(c1cccc(OC(F)(F)F)c1)n1ccc(/C=C/c2cccs2)n1.O=C(c1ccccc1OC(F)(F)F)n1ccc(/C=C/c2cccs2)n1. The first-order valence-electron chi connectivity index (χ1n) is 35.6. The Morgan fingerprint density at radius 1 is 0.317 bits per heavy atom. The second-order valence-corrected chi connectivity index (χ2v) is 28.4. The molecule has 0 unspecified atom stereocenters. The largest absolute Gasteiger partial charge is 0.573 e. The third-order valence-electron chi connectivity index (χ3n) is 16.0. The van der Waals surface area contributed by atoms with Crippen LogP contribution in [0.25, 0.3) is 60.8 Å². The average Bonchev–Trinajstić information content (AvgIpc) is 1.83. The Kier molecular flexibility index (Phi) is 30.4. The molecule has 0 fully saturated rings. The molecule has 0 spiro atoms. The van der Waals surface area contributed by atoms with Crippen LogP contribution in [0.5, 0.6) is 17.2 Å². The molecule has 5 aromatic carbocycles. The maximum Gasteiger partial charge on any atom is 0.573 e. The highest BCUT2D eigenvalue weighted by atomic mass is 32.1. The van der Waals surface area contributed by atoms with E-state index in [0.29, 0.717) is 56.5 Å². The van der Waals surface area contributed by atoms with Gasteiger partial charge in [0.25, 0.3) is 29.5 Å². The number of carbonyl (C=O) groups is 7. The van der Waals surface area contributed by atoms with Crippen LogP contribution in [0, 0.1) is 0 Å². The monoisotopic (exact) mass is 1750 g/mol. The van der Waals surface area contributed by atoms with Gasteiger partial charge in [-0.3, -0.25) is 24.0 Å². The molecule has 0 atom stereocenters. The van der Waals surface area contributed by atoms with Gasteiger partial charge in [-0.05, 0) is 246 Å². The Balaban J connectivity index is 0.000000150. The lowest BCUT2D eigenvalue weighted by Crippen LogP contribution is -2.21. The summed E-state index contributed by atoms with van der Waals surface area (Å²) in [6.45, 7) is 0. The zero-order chi connectivity index (χ0) is 87.5. The van der Waals surface area contributed by atoms with Crippen molar-refractivity contribution < 1.29 is 101 Å². The summed E-state index contributed by atoms with van der Waals surface area (Å²) in [4.78, 5) is 89.1. The van der Waals surface area contributed by atoms with Gasteiger partial charge in [-0.2, -0.15) is 25.5 Å². The molecule has 23 nitrogen and oxygen atoms in total. The summed E-state index contributed by atoms with van der Waals surface area (Å²) in [6, 6.07) is 54.8. The smallest absolute Gasteiger partial charge is 0.465 e. The molecule has 0 bridgehead atoms. The number of esters is 2. The summed E-state index contributed by atoms with van der Waals surface area (Å²) < 4.78 is 142. The fourth-order valence-corrected chi connectivity index (χ4v) is 12.8.